The molecule has 158 valence electrons. The van der Waals surface area contributed by atoms with Crippen molar-refractivity contribution in [3.05, 3.63) is 41.7 Å². The zero-order valence-electron chi connectivity index (χ0n) is 17.1. The normalized spacial score (nSPS) is 25.7. The number of methoxy groups -OCH3 is 1. The van der Waals surface area contributed by atoms with Crippen LogP contribution in [0.3, 0.4) is 0 Å². The Morgan fingerprint density at radius 2 is 2.14 bits per heavy atom. The second-order valence-electron chi connectivity index (χ2n) is 7.41. The molecule has 0 aliphatic carbocycles. The molecule has 0 radical (unpaired) electrons. The first-order chi connectivity index (χ1) is 13.9. The zero-order valence-corrected chi connectivity index (χ0v) is 17.1. The van der Waals surface area contributed by atoms with Gasteiger partial charge in [0, 0.05) is 6.04 Å². The van der Waals surface area contributed by atoms with Crippen molar-refractivity contribution in [1.29, 1.82) is 0 Å². The molecule has 2 unspecified atom stereocenters. The third-order valence-corrected chi connectivity index (χ3v) is 5.11. The standard InChI is InChI=1S/C19H28N6O4/c1-12-10-14(24(2)3)17(27)19(29-12)20-16(13-8-6-5-7-9-13)18-21-22-23-25(18)11-15(26)28-4/h5-9,12,14,16-17,19-20,27H,10-11H2,1-4H3/t12-,14+,16?,17-,19?/m1/s1. The van der Waals surface area contributed by atoms with Crippen molar-refractivity contribution in [2.45, 2.75) is 50.4 Å². The van der Waals surface area contributed by atoms with Crippen molar-refractivity contribution in [1.82, 2.24) is 30.4 Å². The van der Waals surface area contributed by atoms with Gasteiger partial charge in [0.1, 0.15) is 18.9 Å². The Hall–Kier alpha value is -2.40. The Bertz CT molecular complexity index is 799. The van der Waals surface area contributed by atoms with Gasteiger partial charge in [0.2, 0.25) is 0 Å². The summed E-state index contributed by atoms with van der Waals surface area (Å²) < 4.78 is 12.1. The molecule has 0 saturated carbocycles. The summed E-state index contributed by atoms with van der Waals surface area (Å²) in [6.07, 6.45) is -0.703. The fourth-order valence-corrected chi connectivity index (χ4v) is 3.57. The van der Waals surface area contributed by atoms with E-state index in [0.29, 0.717) is 5.82 Å². The van der Waals surface area contributed by atoms with Crippen LogP contribution in [0.25, 0.3) is 0 Å². The molecule has 1 aliphatic heterocycles. The minimum absolute atomic E-state index is 0.0363. The molecule has 1 saturated heterocycles. The van der Waals surface area contributed by atoms with E-state index in [2.05, 4.69) is 20.8 Å². The molecule has 2 heterocycles. The summed E-state index contributed by atoms with van der Waals surface area (Å²) in [5, 5.41) is 26.0. The van der Waals surface area contributed by atoms with Gasteiger partial charge in [-0.15, -0.1) is 5.10 Å². The average molecular weight is 404 g/mol. The maximum Gasteiger partial charge on any atom is 0.327 e. The highest BCUT2D eigenvalue weighted by atomic mass is 16.5. The molecule has 0 bridgehead atoms. The molecular weight excluding hydrogens is 376 g/mol. The van der Waals surface area contributed by atoms with Crippen LogP contribution in [0.1, 0.15) is 30.8 Å². The fourth-order valence-electron chi connectivity index (χ4n) is 3.57. The molecular formula is C19H28N6O4. The number of aromatic nitrogens is 4. The Kier molecular flexibility index (Phi) is 6.91. The number of tetrazole rings is 1. The number of nitrogens with one attached hydrogen (secondary N) is 1. The van der Waals surface area contributed by atoms with Gasteiger partial charge in [0.15, 0.2) is 5.82 Å². The van der Waals surface area contributed by atoms with Crippen LogP contribution >= 0.6 is 0 Å². The van der Waals surface area contributed by atoms with Crippen LogP contribution in [0.5, 0.6) is 0 Å². The molecule has 0 amide bonds. The fraction of sp³-hybridized carbons (Fsp3) is 0.579. The van der Waals surface area contributed by atoms with E-state index in [1.807, 2.05) is 56.3 Å². The van der Waals surface area contributed by atoms with Crippen LogP contribution in [0.2, 0.25) is 0 Å². The second-order valence-corrected chi connectivity index (χ2v) is 7.41. The second kappa shape index (κ2) is 9.40. The number of esters is 1. The molecule has 10 nitrogen and oxygen atoms in total. The Morgan fingerprint density at radius 3 is 2.79 bits per heavy atom. The van der Waals surface area contributed by atoms with Gasteiger partial charge < -0.3 is 19.5 Å². The number of hydrogen-bond donors (Lipinski definition) is 2. The molecule has 1 fully saturated rings. The molecule has 29 heavy (non-hydrogen) atoms. The zero-order chi connectivity index (χ0) is 21.0. The minimum atomic E-state index is -0.752. The highest BCUT2D eigenvalue weighted by molar-refractivity contribution is 5.68. The summed E-state index contributed by atoms with van der Waals surface area (Å²) in [4.78, 5) is 13.8. The molecule has 1 aliphatic rings. The topological polar surface area (TPSA) is 115 Å². The number of ether oxygens (including phenoxy) is 2. The SMILES string of the molecule is COC(=O)Cn1nnnc1C(NC1O[C@H](C)C[C@H](N(C)C)[C@H]1O)c1ccccc1. The van der Waals surface area contributed by atoms with Crippen LogP contribution in [-0.2, 0) is 20.8 Å². The first-order valence-electron chi connectivity index (χ1n) is 9.54. The summed E-state index contributed by atoms with van der Waals surface area (Å²) in [7, 11) is 5.19. The van der Waals surface area contributed by atoms with Gasteiger partial charge in [-0.05, 0) is 43.4 Å². The monoisotopic (exact) mass is 404 g/mol. The van der Waals surface area contributed by atoms with E-state index in [9.17, 15) is 9.90 Å². The van der Waals surface area contributed by atoms with Gasteiger partial charge >= 0.3 is 5.97 Å². The number of aliphatic hydroxyl groups is 1. The molecule has 3 rings (SSSR count). The van der Waals surface area contributed by atoms with Crippen LogP contribution in [-0.4, -0.2) is 81.9 Å². The number of carbonyl (C=O) groups excluding carboxylic acids is 1. The van der Waals surface area contributed by atoms with E-state index in [4.69, 9.17) is 9.47 Å². The van der Waals surface area contributed by atoms with Crippen molar-refractivity contribution in [2.75, 3.05) is 21.2 Å². The van der Waals surface area contributed by atoms with Gasteiger partial charge in [0.05, 0.1) is 19.3 Å². The molecule has 1 aromatic heterocycles. The number of nitrogens with zero attached hydrogens (tertiary/aromatic N) is 5. The lowest BCUT2D eigenvalue weighted by atomic mass is 9.97. The van der Waals surface area contributed by atoms with Crippen LogP contribution < -0.4 is 5.32 Å². The van der Waals surface area contributed by atoms with Crippen LogP contribution in [0.4, 0.5) is 0 Å². The first-order valence-corrected chi connectivity index (χ1v) is 9.54. The highest BCUT2D eigenvalue weighted by Crippen LogP contribution is 2.26. The van der Waals surface area contributed by atoms with Crippen molar-refractivity contribution < 1.29 is 19.4 Å². The number of likely N-dealkylation sites (N-methyl/N-ethyl adjacent to an activating group) is 1. The van der Waals surface area contributed by atoms with E-state index in [1.54, 1.807) is 0 Å². The predicted octanol–water partition coefficient (Wildman–Crippen LogP) is -0.0489. The molecule has 2 N–H and O–H groups in total. The Labute approximate surface area is 169 Å². The van der Waals surface area contributed by atoms with E-state index in [-0.39, 0.29) is 18.7 Å². The van der Waals surface area contributed by atoms with Crippen molar-refractivity contribution in [3.63, 3.8) is 0 Å². The molecule has 0 spiro atoms. The Morgan fingerprint density at radius 1 is 1.41 bits per heavy atom. The van der Waals surface area contributed by atoms with E-state index >= 15 is 0 Å². The third kappa shape index (κ3) is 4.96. The van der Waals surface area contributed by atoms with Crippen molar-refractivity contribution >= 4 is 5.97 Å². The largest absolute Gasteiger partial charge is 0.468 e. The smallest absolute Gasteiger partial charge is 0.327 e. The molecule has 5 atom stereocenters. The molecule has 10 heteroatoms. The number of carbonyl (C=O) groups is 1. The van der Waals surface area contributed by atoms with Crippen molar-refractivity contribution in [2.24, 2.45) is 0 Å². The van der Waals surface area contributed by atoms with Gasteiger partial charge in [0.25, 0.3) is 0 Å². The quantitative estimate of drug-likeness (QED) is 0.613. The number of benzene rings is 1. The van der Waals surface area contributed by atoms with E-state index in [0.717, 1.165) is 12.0 Å². The summed E-state index contributed by atoms with van der Waals surface area (Å²) in [5.74, 6) is -0.0300. The van der Waals surface area contributed by atoms with Crippen LogP contribution in [0.15, 0.2) is 30.3 Å². The van der Waals surface area contributed by atoms with Crippen molar-refractivity contribution in [3.8, 4) is 0 Å². The van der Waals surface area contributed by atoms with Gasteiger partial charge in [-0.3, -0.25) is 10.1 Å². The van der Waals surface area contributed by atoms with E-state index in [1.165, 1.54) is 11.8 Å². The molecule has 1 aromatic carbocycles. The summed E-state index contributed by atoms with van der Waals surface area (Å²) in [6, 6.07) is 9.02. The predicted molar refractivity (Wildman–Crippen MR) is 104 cm³/mol. The highest BCUT2D eigenvalue weighted by Gasteiger charge is 2.39. The van der Waals surface area contributed by atoms with Gasteiger partial charge in [-0.1, -0.05) is 30.3 Å². The number of aliphatic hydroxyl groups excluding tert-OH is 1. The van der Waals surface area contributed by atoms with Crippen LogP contribution in [0, 0.1) is 0 Å². The number of rotatable bonds is 7. The number of hydrogen-bond acceptors (Lipinski definition) is 9. The van der Waals surface area contributed by atoms with E-state index < -0.39 is 24.3 Å². The summed E-state index contributed by atoms with van der Waals surface area (Å²) in [5.41, 5.74) is 0.879. The summed E-state index contributed by atoms with van der Waals surface area (Å²) in [6.45, 7) is 1.87. The lowest BCUT2D eigenvalue weighted by Crippen LogP contribution is -2.58. The average Bonchev–Trinajstić information content (AvgIpc) is 3.16. The van der Waals surface area contributed by atoms with Gasteiger partial charge in [-0.25, -0.2) is 4.68 Å². The summed E-state index contributed by atoms with van der Waals surface area (Å²) >= 11 is 0. The van der Waals surface area contributed by atoms with Gasteiger partial charge in [-0.2, -0.15) is 0 Å². The maximum absolute atomic E-state index is 11.8. The molecule has 2 aromatic rings. The lowest BCUT2D eigenvalue weighted by Gasteiger charge is -2.42. The minimum Gasteiger partial charge on any atom is -0.468 e. The third-order valence-electron chi connectivity index (χ3n) is 5.11. The Balaban J connectivity index is 1.92. The first kappa shape index (κ1) is 21.3. The lowest BCUT2D eigenvalue weighted by molar-refractivity contribution is -0.157. The maximum atomic E-state index is 11.8.